The highest BCUT2D eigenvalue weighted by Gasteiger charge is 2.26. The molecule has 0 spiro atoms. The zero-order chi connectivity index (χ0) is 14.2. The summed E-state index contributed by atoms with van der Waals surface area (Å²) in [6, 6.07) is -0.00241. The maximum Gasteiger partial charge on any atom is 0.263 e. The molecule has 0 unspecified atom stereocenters. The van der Waals surface area contributed by atoms with E-state index in [4.69, 9.17) is 11.6 Å². The third kappa shape index (κ3) is 2.25. The van der Waals surface area contributed by atoms with E-state index in [0.29, 0.717) is 11.8 Å². The van der Waals surface area contributed by atoms with Crippen LogP contribution in [0.5, 0.6) is 0 Å². The number of aldehydes is 1. The normalized spacial score (nSPS) is 15.7. The number of hydrogen-bond donors (Lipinski definition) is 0. The predicted molar refractivity (Wildman–Crippen MR) is 73.3 cm³/mol. The minimum Gasteiger partial charge on any atom is -0.298 e. The standard InChI is InChI=1S/C14H16ClNO3/c1-8-11(7-17)13(15)16(10-5-3-4-6-10)14(19)12(8)9(2)18/h7,10H,3-6H2,1-2H3. The van der Waals surface area contributed by atoms with Gasteiger partial charge in [-0.2, -0.15) is 0 Å². The van der Waals surface area contributed by atoms with Crippen molar-refractivity contribution in [1.82, 2.24) is 4.57 Å². The molecule has 102 valence electrons. The molecule has 1 heterocycles. The van der Waals surface area contributed by atoms with Crippen molar-refractivity contribution in [2.45, 2.75) is 45.6 Å². The molecule has 4 nitrogen and oxygen atoms in total. The fraction of sp³-hybridized carbons (Fsp3) is 0.500. The van der Waals surface area contributed by atoms with Crippen molar-refractivity contribution in [1.29, 1.82) is 0 Å². The molecule has 2 rings (SSSR count). The van der Waals surface area contributed by atoms with Gasteiger partial charge in [-0.3, -0.25) is 19.0 Å². The van der Waals surface area contributed by atoms with Crippen LogP contribution in [0.1, 0.15) is 64.9 Å². The molecular weight excluding hydrogens is 266 g/mol. The summed E-state index contributed by atoms with van der Waals surface area (Å²) in [7, 11) is 0. The maximum absolute atomic E-state index is 12.4. The lowest BCUT2D eigenvalue weighted by Gasteiger charge is -2.19. The predicted octanol–water partition coefficient (Wildman–Crippen LogP) is 2.94. The van der Waals surface area contributed by atoms with Gasteiger partial charge in [-0.15, -0.1) is 0 Å². The van der Waals surface area contributed by atoms with Gasteiger partial charge in [-0.25, -0.2) is 0 Å². The van der Waals surface area contributed by atoms with E-state index in [0.717, 1.165) is 25.7 Å². The summed E-state index contributed by atoms with van der Waals surface area (Å²) < 4.78 is 1.43. The molecule has 1 aromatic heterocycles. The van der Waals surface area contributed by atoms with Crippen molar-refractivity contribution < 1.29 is 9.59 Å². The minimum atomic E-state index is -0.368. The second kappa shape index (κ2) is 5.29. The fourth-order valence-electron chi connectivity index (χ4n) is 2.83. The molecule has 1 aliphatic rings. The Morgan fingerprint density at radius 1 is 1.37 bits per heavy atom. The molecule has 0 N–H and O–H groups in total. The smallest absolute Gasteiger partial charge is 0.263 e. The highest BCUT2D eigenvalue weighted by molar-refractivity contribution is 6.32. The summed E-state index contributed by atoms with van der Waals surface area (Å²) >= 11 is 6.20. The Morgan fingerprint density at radius 3 is 2.42 bits per heavy atom. The number of Topliss-reactive ketones (excluding diaryl/α,β-unsaturated/α-hetero) is 1. The van der Waals surface area contributed by atoms with Gasteiger partial charge in [0, 0.05) is 6.04 Å². The lowest BCUT2D eigenvalue weighted by atomic mass is 10.0. The quantitative estimate of drug-likeness (QED) is 0.486. The minimum absolute atomic E-state index is 0.00241. The van der Waals surface area contributed by atoms with Gasteiger partial charge in [0.15, 0.2) is 12.1 Å². The molecular formula is C14H16ClNO3. The Kier molecular flexibility index (Phi) is 3.90. The van der Waals surface area contributed by atoms with Crippen LogP contribution < -0.4 is 5.56 Å². The lowest BCUT2D eigenvalue weighted by Crippen LogP contribution is -2.31. The number of rotatable bonds is 3. The molecule has 1 fully saturated rings. The molecule has 5 heteroatoms. The van der Waals surface area contributed by atoms with Crippen LogP contribution in [0.2, 0.25) is 5.15 Å². The summed E-state index contributed by atoms with van der Waals surface area (Å²) in [5, 5.41) is 0.161. The summed E-state index contributed by atoms with van der Waals surface area (Å²) in [5.41, 5.74) is 0.344. The van der Waals surface area contributed by atoms with Crippen LogP contribution in [0.25, 0.3) is 0 Å². The zero-order valence-corrected chi connectivity index (χ0v) is 11.8. The Labute approximate surface area is 116 Å². The highest BCUT2D eigenvalue weighted by Crippen LogP contribution is 2.32. The molecule has 0 radical (unpaired) electrons. The van der Waals surface area contributed by atoms with Crippen molar-refractivity contribution >= 4 is 23.7 Å². The van der Waals surface area contributed by atoms with Crippen LogP contribution in [0.4, 0.5) is 0 Å². The van der Waals surface area contributed by atoms with Crippen molar-refractivity contribution in [2.24, 2.45) is 0 Å². The number of carbonyl (C=O) groups excluding carboxylic acids is 2. The first-order valence-corrected chi connectivity index (χ1v) is 6.77. The number of hydrogen-bond acceptors (Lipinski definition) is 3. The van der Waals surface area contributed by atoms with Gasteiger partial charge in [0.25, 0.3) is 5.56 Å². The Balaban J connectivity index is 2.79. The molecule has 0 atom stereocenters. The number of ketones is 1. The molecule has 19 heavy (non-hydrogen) atoms. The summed E-state index contributed by atoms with van der Waals surface area (Å²) in [6.45, 7) is 2.93. The molecule has 0 saturated heterocycles. The first kappa shape index (κ1) is 14.0. The van der Waals surface area contributed by atoms with Crippen LogP contribution >= 0.6 is 11.6 Å². The molecule has 1 aromatic rings. The van der Waals surface area contributed by atoms with Crippen molar-refractivity contribution in [3.8, 4) is 0 Å². The highest BCUT2D eigenvalue weighted by atomic mass is 35.5. The molecule has 1 aliphatic carbocycles. The average Bonchev–Trinajstić information content (AvgIpc) is 2.82. The van der Waals surface area contributed by atoms with Crippen molar-refractivity contribution in [3.63, 3.8) is 0 Å². The summed E-state index contributed by atoms with van der Waals surface area (Å²) in [5.74, 6) is -0.325. The van der Waals surface area contributed by atoms with E-state index in [1.54, 1.807) is 6.92 Å². The van der Waals surface area contributed by atoms with E-state index in [9.17, 15) is 14.4 Å². The fourth-order valence-corrected chi connectivity index (χ4v) is 3.23. The van der Waals surface area contributed by atoms with E-state index in [1.807, 2.05) is 0 Å². The zero-order valence-electron chi connectivity index (χ0n) is 11.0. The van der Waals surface area contributed by atoms with Gasteiger partial charge in [0.2, 0.25) is 0 Å². The van der Waals surface area contributed by atoms with Crippen LogP contribution in [0, 0.1) is 6.92 Å². The van der Waals surface area contributed by atoms with Gasteiger partial charge in [0.05, 0.1) is 11.1 Å². The Morgan fingerprint density at radius 2 is 1.95 bits per heavy atom. The maximum atomic E-state index is 12.4. The third-order valence-electron chi connectivity index (χ3n) is 3.81. The first-order valence-electron chi connectivity index (χ1n) is 6.39. The molecule has 0 bridgehead atoms. The summed E-state index contributed by atoms with van der Waals surface area (Å²) in [6.07, 6.45) is 4.41. The largest absolute Gasteiger partial charge is 0.298 e. The molecule has 1 saturated carbocycles. The van der Waals surface area contributed by atoms with Crippen LogP contribution in [-0.4, -0.2) is 16.6 Å². The van der Waals surface area contributed by atoms with Crippen LogP contribution in [-0.2, 0) is 0 Å². The van der Waals surface area contributed by atoms with E-state index in [2.05, 4.69) is 0 Å². The number of carbonyl (C=O) groups is 2. The average molecular weight is 282 g/mol. The van der Waals surface area contributed by atoms with Crippen LogP contribution in [0.15, 0.2) is 4.79 Å². The van der Waals surface area contributed by atoms with Gasteiger partial charge >= 0.3 is 0 Å². The van der Waals surface area contributed by atoms with Gasteiger partial charge in [-0.1, -0.05) is 24.4 Å². The Bertz CT molecular complexity index is 598. The van der Waals surface area contributed by atoms with E-state index in [1.165, 1.54) is 11.5 Å². The second-order valence-electron chi connectivity index (χ2n) is 4.99. The van der Waals surface area contributed by atoms with E-state index < -0.39 is 0 Å². The van der Waals surface area contributed by atoms with Crippen molar-refractivity contribution in [2.75, 3.05) is 0 Å². The van der Waals surface area contributed by atoms with Crippen LogP contribution in [0.3, 0.4) is 0 Å². The summed E-state index contributed by atoms with van der Waals surface area (Å²) in [4.78, 5) is 35.3. The number of pyridine rings is 1. The van der Waals surface area contributed by atoms with E-state index >= 15 is 0 Å². The van der Waals surface area contributed by atoms with Crippen molar-refractivity contribution in [3.05, 3.63) is 32.2 Å². The molecule has 0 amide bonds. The molecule has 0 aliphatic heterocycles. The number of halogens is 1. The SMILES string of the molecule is CC(=O)c1c(C)c(C=O)c(Cl)n(C2CCCC2)c1=O. The lowest BCUT2D eigenvalue weighted by molar-refractivity contribution is 0.101. The number of nitrogens with zero attached hydrogens (tertiary/aromatic N) is 1. The Hall–Kier alpha value is -1.42. The number of aromatic nitrogens is 1. The monoisotopic (exact) mass is 281 g/mol. The van der Waals surface area contributed by atoms with E-state index in [-0.39, 0.29) is 33.7 Å². The third-order valence-corrected chi connectivity index (χ3v) is 4.19. The second-order valence-corrected chi connectivity index (χ2v) is 5.35. The first-order chi connectivity index (χ1) is 8.99. The molecule has 0 aromatic carbocycles. The topological polar surface area (TPSA) is 56.1 Å². The van der Waals surface area contributed by atoms with Gasteiger partial charge in [0.1, 0.15) is 5.15 Å². The van der Waals surface area contributed by atoms with Gasteiger partial charge in [-0.05, 0) is 32.3 Å². The van der Waals surface area contributed by atoms with Gasteiger partial charge < -0.3 is 0 Å².